The lowest BCUT2D eigenvalue weighted by atomic mass is 10.2. The number of fused-ring (bicyclic) bond motifs is 4. The summed E-state index contributed by atoms with van der Waals surface area (Å²) in [7, 11) is 0. The van der Waals surface area contributed by atoms with Gasteiger partial charge in [-0.1, -0.05) is 25.6 Å². The van der Waals surface area contributed by atoms with Crippen molar-refractivity contribution in [1.82, 2.24) is 19.2 Å². The molecule has 1 amide bonds. The SMILES string of the molecule is CC(C)Cn1c(=O)c2sccc2n2c(SCC(=O)Nc3ccc4c(c3)OCO4)nnc12. The molecule has 1 N–H and O–H groups in total. The highest BCUT2D eigenvalue weighted by molar-refractivity contribution is 7.99. The molecule has 31 heavy (non-hydrogen) atoms. The van der Waals surface area contributed by atoms with Gasteiger partial charge in [0.25, 0.3) is 5.56 Å². The van der Waals surface area contributed by atoms with E-state index in [1.165, 1.54) is 23.1 Å². The van der Waals surface area contributed by atoms with Gasteiger partial charge in [0, 0.05) is 18.3 Å². The van der Waals surface area contributed by atoms with Crippen molar-refractivity contribution in [3.63, 3.8) is 0 Å². The first-order valence-electron chi connectivity index (χ1n) is 9.68. The molecule has 0 radical (unpaired) electrons. The Morgan fingerprint density at radius 2 is 2.10 bits per heavy atom. The number of aromatic nitrogens is 4. The van der Waals surface area contributed by atoms with E-state index < -0.39 is 0 Å². The predicted molar refractivity (Wildman–Crippen MR) is 119 cm³/mol. The van der Waals surface area contributed by atoms with E-state index in [-0.39, 0.29) is 29.9 Å². The van der Waals surface area contributed by atoms with Gasteiger partial charge in [-0.3, -0.25) is 18.6 Å². The average Bonchev–Trinajstić information content (AvgIpc) is 3.47. The van der Waals surface area contributed by atoms with Crippen LogP contribution in [0.3, 0.4) is 0 Å². The molecule has 4 aromatic rings. The average molecular weight is 458 g/mol. The van der Waals surface area contributed by atoms with Crippen LogP contribution in [0.15, 0.2) is 39.6 Å². The molecule has 9 nitrogen and oxygen atoms in total. The van der Waals surface area contributed by atoms with E-state index in [1.807, 2.05) is 29.7 Å². The molecule has 160 valence electrons. The molecular formula is C20H19N5O4S2. The van der Waals surface area contributed by atoms with E-state index in [0.717, 1.165) is 5.52 Å². The summed E-state index contributed by atoms with van der Waals surface area (Å²) in [6.07, 6.45) is 0. The molecule has 0 spiro atoms. The number of carbonyl (C=O) groups excluding carboxylic acids is 1. The lowest BCUT2D eigenvalue weighted by Crippen LogP contribution is -2.24. The Kier molecular flexibility index (Phi) is 5.06. The van der Waals surface area contributed by atoms with Crippen LogP contribution >= 0.6 is 23.1 Å². The van der Waals surface area contributed by atoms with Crippen molar-refractivity contribution in [2.75, 3.05) is 17.9 Å². The molecule has 0 bridgehead atoms. The highest BCUT2D eigenvalue weighted by Gasteiger charge is 2.19. The van der Waals surface area contributed by atoms with Crippen LogP contribution in [-0.4, -0.2) is 37.6 Å². The first-order chi connectivity index (χ1) is 15.0. The third-order valence-corrected chi connectivity index (χ3v) is 6.54. The predicted octanol–water partition coefficient (Wildman–Crippen LogP) is 3.22. The molecule has 1 aliphatic heterocycles. The standard InChI is InChI=1S/C20H19N5O4S2/c1-11(2)8-24-18(27)17-13(5-6-30-17)25-19(24)22-23-20(25)31-9-16(26)21-12-3-4-14-15(7-12)29-10-28-14/h3-7,11H,8-10H2,1-2H3,(H,21,26). The fraction of sp³-hybridized carbons (Fsp3) is 0.300. The second-order valence-corrected chi connectivity index (χ2v) is 9.33. The van der Waals surface area contributed by atoms with Crippen molar-refractivity contribution in [2.45, 2.75) is 25.5 Å². The molecule has 0 saturated carbocycles. The minimum atomic E-state index is -0.183. The topological polar surface area (TPSA) is 99.8 Å². The molecular weight excluding hydrogens is 438 g/mol. The van der Waals surface area contributed by atoms with Gasteiger partial charge in [-0.2, -0.15) is 0 Å². The Hall–Kier alpha value is -3.05. The lowest BCUT2D eigenvalue weighted by molar-refractivity contribution is -0.113. The molecule has 11 heteroatoms. The van der Waals surface area contributed by atoms with Crippen LogP contribution in [0.5, 0.6) is 11.5 Å². The maximum absolute atomic E-state index is 12.9. The monoisotopic (exact) mass is 457 g/mol. The summed E-state index contributed by atoms with van der Waals surface area (Å²) in [6.45, 7) is 4.83. The van der Waals surface area contributed by atoms with Crippen LogP contribution < -0.4 is 20.3 Å². The molecule has 1 aromatic carbocycles. The van der Waals surface area contributed by atoms with Crippen molar-refractivity contribution in [1.29, 1.82) is 0 Å². The Balaban J connectivity index is 1.40. The summed E-state index contributed by atoms with van der Waals surface area (Å²) in [4.78, 5) is 25.4. The van der Waals surface area contributed by atoms with Gasteiger partial charge in [-0.25, -0.2) is 0 Å². The smallest absolute Gasteiger partial charge is 0.272 e. The number of amides is 1. The van der Waals surface area contributed by atoms with Crippen molar-refractivity contribution in [3.05, 3.63) is 40.0 Å². The van der Waals surface area contributed by atoms with Crippen LogP contribution in [-0.2, 0) is 11.3 Å². The molecule has 0 atom stereocenters. The zero-order valence-corrected chi connectivity index (χ0v) is 18.5. The van der Waals surface area contributed by atoms with Gasteiger partial charge < -0.3 is 14.8 Å². The first-order valence-corrected chi connectivity index (χ1v) is 11.5. The highest BCUT2D eigenvalue weighted by atomic mass is 32.2. The van der Waals surface area contributed by atoms with Gasteiger partial charge in [0.2, 0.25) is 18.5 Å². The number of carbonyl (C=O) groups is 1. The molecule has 0 unspecified atom stereocenters. The molecule has 5 rings (SSSR count). The van der Waals surface area contributed by atoms with Crippen LogP contribution in [0, 0.1) is 5.92 Å². The normalized spacial score (nSPS) is 12.9. The molecule has 0 fully saturated rings. The highest BCUT2D eigenvalue weighted by Crippen LogP contribution is 2.34. The Bertz CT molecular complexity index is 1360. The van der Waals surface area contributed by atoms with Crippen LogP contribution in [0.1, 0.15) is 13.8 Å². The van der Waals surface area contributed by atoms with E-state index >= 15 is 0 Å². The fourth-order valence-corrected chi connectivity index (χ4v) is 4.99. The number of anilines is 1. The van der Waals surface area contributed by atoms with Crippen LogP contribution in [0.2, 0.25) is 0 Å². The van der Waals surface area contributed by atoms with Gasteiger partial charge >= 0.3 is 0 Å². The maximum atomic E-state index is 12.9. The molecule has 1 aliphatic rings. The number of ether oxygens (including phenoxy) is 2. The third kappa shape index (κ3) is 3.63. The number of nitrogens with zero attached hydrogens (tertiary/aromatic N) is 4. The second-order valence-electron chi connectivity index (χ2n) is 7.47. The molecule has 0 saturated heterocycles. The minimum absolute atomic E-state index is 0.0595. The third-order valence-electron chi connectivity index (χ3n) is 4.72. The number of nitrogens with one attached hydrogen (secondary N) is 1. The van der Waals surface area contributed by atoms with Crippen molar-refractivity contribution >= 4 is 50.7 Å². The quantitative estimate of drug-likeness (QED) is 0.444. The number of rotatable bonds is 6. The van der Waals surface area contributed by atoms with Crippen molar-refractivity contribution in [3.8, 4) is 11.5 Å². The summed E-state index contributed by atoms with van der Waals surface area (Å²) < 4.78 is 14.8. The van der Waals surface area contributed by atoms with Gasteiger partial charge in [-0.05, 0) is 29.5 Å². The van der Waals surface area contributed by atoms with Crippen molar-refractivity contribution < 1.29 is 14.3 Å². The largest absolute Gasteiger partial charge is 0.454 e. The summed E-state index contributed by atoms with van der Waals surface area (Å²) in [5, 5.41) is 13.8. The van der Waals surface area contributed by atoms with E-state index in [0.29, 0.717) is 39.4 Å². The van der Waals surface area contributed by atoms with Crippen molar-refractivity contribution in [2.24, 2.45) is 5.92 Å². The fourth-order valence-electron chi connectivity index (χ4n) is 3.42. The molecule has 0 aliphatic carbocycles. The zero-order chi connectivity index (χ0) is 21.5. The van der Waals surface area contributed by atoms with Gasteiger partial charge in [-0.15, -0.1) is 21.5 Å². The van der Waals surface area contributed by atoms with Crippen LogP contribution in [0.4, 0.5) is 5.69 Å². The number of benzene rings is 1. The van der Waals surface area contributed by atoms with E-state index in [1.54, 1.807) is 22.8 Å². The Labute approximate surface area is 185 Å². The Morgan fingerprint density at radius 1 is 1.26 bits per heavy atom. The maximum Gasteiger partial charge on any atom is 0.272 e. The number of hydrogen-bond acceptors (Lipinski definition) is 8. The van der Waals surface area contributed by atoms with Crippen LogP contribution in [0.25, 0.3) is 16.0 Å². The van der Waals surface area contributed by atoms with Gasteiger partial charge in [0.15, 0.2) is 16.7 Å². The number of hydrogen-bond donors (Lipinski definition) is 1. The number of thioether (sulfide) groups is 1. The number of thiophene rings is 1. The minimum Gasteiger partial charge on any atom is -0.454 e. The lowest BCUT2D eigenvalue weighted by Gasteiger charge is -2.11. The van der Waals surface area contributed by atoms with E-state index in [4.69, 9.17) is 9.47 Å². The van der Waals surface area contributed by atoms with E-state index in [2.05, 4.69) is 15.5 Å². The van der Waals surface area contributed by atoms with Gasteiger partial charge in [0.1, 0.15) is 4.70 Å². The molecule has 3 aromatic heterocycles. The zero-order valence-electron chi connectivity index (χ0n) is 16.8. The Morgan fingerprint density at radius 3 is 2.94 bits per heavy atom. The first kappa shape index (κ1) is 19.9. The molecule has 4 heterocycles. The summed E-state index contributed by atoms with van der Waals surface area (Å²) in [5.74, 6) is 2.00. The van der Waals surface area contributed by atoms with Gasteiger partial charge in [0.05, 0.1) is 11.3 Å². The van der Waals surface area contributed by atoms with E-state index in [9.17, 15) is 9.59 Å². The summed E-state index contributed by atoms with van der Waals surface area (Å²) in [5.41, 5.74) is 1.33. The summed E-state index contributed by atoms with van der Waals surface area (Å²) >= 11 is 2.67. The summed E-state index contributed by atoms with van der Waals surface area (Å²) in [6, 6.07) is 7.14. The second kappa shape index (κ2) is 7.89.